The number of hydrogen-bond donors (Lipinski definition) is 1. The Bertz CT molecular complexity index is 537. The number of ether oxygens (including phenoxy) is 1. The predicted octanol–water partition coefficient (Wildman–Crippen LogP) is 2.50. The quantitative estimate of drug-likeness (QED) is 0.892. The SMILES string of the molecule is CCOc1cc(CNc2nc(C)cc(C)n2)ccn1. The van der Waals surface area contributed by atoms with E-state index in [-0.39, 0.29) is 0 Å². The van der Waals surface area contributed by atoms with Crippen molar-refractivity contribution in [2.24, 2.45) is 0 Å². The number of nitrogens with one attached hydrogen (secondary N) is 1. The average Bonchev–Trinajstić information content (AvgIpc) is 2.36. The summed E-state index contributed by atoms with van der Waals surface area (Å²) in [5, 5.41) is 3.21. The molecule has 0 aromatic carbocycles. The van der Waals surface area contributed by atoms with Crippen LogP contribution in [0.3, 0.4) is 0 Å². The van der Waals surface area contributed by atoms with E-state index < -0.39 is 0 Å². The highest BCUT2D eigenvalue weighted by Gasteiger charge is 2.01. The van der Waals surface area contributed by atoms with Crippen LogP contribution in [-0.2, 0) is 6.54 Å². The summed E-state index contributed by atoms with van der Waals surface area (Å²) in [6.45, 7) is 7.12. The van der Waals surface area contributed by atoms with Gasteiger partial charge in [-0.3, -0.25) is 0 Å². The minimum absolute atomic E-state index is 0.615. The zero-order valence-corrected chi connectivity index (χ0v) is 11.5. The van der Waals surface area contributed by atoms with Gasteiger partial charge in [-0.25, -0.2) is 15.0 Å². The molecule has 2 aromatic heterocycles. The Balaban J connectivity index is 2.03. The minimum Gasteiger partial charge on any atom is -0.478 e. The lowest BCUT2D eigenvalue weighted by Crippen LogP contribution is -2.06. The molecular weight excluding hydrogens is 240 g/mol. The smallest absolute Gasteiger partial charge is 0.223 e. The van der Waals surface area contributed by atoms with Crippen molar-refractivity contribution in [2.75, 3.05) is 11.9 Å². The van der Waals surface area contributed by atoms with Crippen LogP contribution in [0.25, 0.3) is 0 Å². The molecule has 2 rings (SSSR count). The van der Waals surface area contributed by atoms with Gasteiger partial charge in [-0.15, -0.1) is 0 Å². The van der Waals surface area contributed by atoms with Crippen LogP contribution in [0, 0.1) is 13.8 Å². The first-order chi connectivity index (χ1) is 9.17. The molecule has 5 nitrogen and oxygen atoms in total. The van der Waals surface area contributed by atoms with Crippen LogP contribution in [0.1, 0.15) is 23.9 Å². The van der Waals surface area contributed by atoms with Crippen molar-refractivity contribution in [2.45, 2.75) is 27.3 Å². The number of anilines is 1. The van der Waals surface area contributed by atoms with Gasteiger partial charge in [0, 0.05) is 30.2 Å². The largest absolute Gasteiger partial charge is 0.478 e. The fraction of sp³-hybridized carbons (Fsp3) is 0.357. The third-order valence-electron chi connectivity index (χ3n) is 2.52. The zero-order valence-electron chi connectivity index (χ0n) is 11.5. The topological polar surface area (TPSA) is 59.9 Å². The first kappa shape index (κ1) is 13.3. The maximum atomic E-state index is 5.37. The Labute approximate surface area is 113 Å². The van der Waals surface area contributed by atoms with Gasteiger partial charge in [-0.1, -0.05) is 0 Å². The molecule has 0 aliphatic rings. The molecule has 1 N–H and O–H groups in total. The van der Waals surface area contributed by atoms with Gasteiger partial charge >= 0.3 is 0 Å². The van der Waals surface area contributed by atoms with Crippen LogP contribution in [0.5, 0.6) is 5.88 Å². The van der Waals surface area contributed by atoms with Gasteiger partial charge < -0.3 is 10.1 Å². The van der Waals surface area contributed by atoms with Crippen LogP contribution in [-0.4, -0.2) is 21.6 Å². The highest BCUT2D eigenvalue weighted by molar-refractivity contribution is 5.30. The molecule has 0 aliphatic carbocycles. The van der Waals surface area contributed by atoms with Gasteiger partial charge in [0.2, 0.25) is 11.8 Å². The Morgan fingerprint density at radius 2 is 1.89 bits per heavy atom. The van der Waals surface area contributed by atoms with Gasteiger partial charge in [0.1, 0.15) is 0 Å². The van der Waals surface area contributed by atoms with Crippen LogP contribution >= 0.6 is 0 Å². The number of rotatable bonds is 5. The van der Waals surface area contributed by atoms with Crippen molar-refractivity contribution < 1.29 is 4.74 Å². The molecule has 0 saturated heterocycles. The molecule has 19 heavy (non-hydrogen) atoms. The van der Waals surface area contributed by atoms with Gasteiger partial charge in [0.05, 0.1) is 6.61 Å². The first-order valence-corrected chi connectivity index (χ1v) is 6.31. The molecule has 100 valence electrons. The zero-order chi connectivity index (χ0) is 13.7. The van der Waals surface area contributed by atoms with Crippen LogP contribution in [0.4, 0.5) is 5.95 Å². The summed E-state index contributed by atoms with van der Waals surface area (Å²) in [7, 11) is 0. The molecule has 5 heteroatoms. The van der Waals surface area contributed by atoms with Crippen molar-refractivity contribution in [1.82, 2.24) is 15.0 Å². The fourth-order valence-electron chi connectivity index (χ4n) is 1.77. The maximum absolute atomic E-state index is 5.37. The molecule has 0 aliphatic heterocycles. The Morgan fingerprint density at radius 1 is 1.16 bits per heavy atom. The second-order valence-corrected chi connectivity index (χ2v) is 4.26. The van der Waals surface area contributed by atoms with Gasteiger partial charge in [0.15, 0.2) is 0 Å². The van der Waals surface area contributed by atoms with Crippen LogP contribution in [0.15, 0.2) is 24.4 Å². The van der Waals surface area contributed by atoms with Gasteiger partial charge in [-0.05, 0) is 38.5 Å². The van der Waals surface area contributed by atoms with E-state index in [2.05, 4.69) is 20.3 Å². The standard InChI is InChI=1S/C14H18N4O/c1-4-19-13-8-12(5-6-15-13)9-16-14-17-10(2)7-11(3)18-14/h5-8H,4,9H2,1-3H3,(H,16,17,18). The molecule has 0 unspecified atom stereocenters. The monoisotopic (exact) mass is 258 g/mol. The van der Waals surface area contributed by atoms with Gasteiger partial charge in [-0.2, -0.15) is 0 Å². The third-order valence-corrected chi connectivity index (χ3v) is 2.52. The third kappa shape index (κ3) is 3.91. The summed E-state index contributed by atoms with van der Waals surface area (Å²) in [6, 6.07) is 5.81. The lowest BCUT2D eigenvalue weighted by atomic mass is 10.2. The summed E-state index contributed by atoms with van der Waals surface area (Å²) in [4.78, 5) is 12.8. The van der Waals surface area contributed by atoms with Crippen molar-refractivity contribution in [1.29, 1.82) is 0 Å². The molecule has 0 radical (unpaired) electrons. The van der Waals surface area contributed by atoms with E-state index in [1.54, 1.807) is 6.20 Å². The van der Waals surface area contributed by atoms with Crippen molar-refractivity contribution in [3.8, 4) is 5.88 Å². The summed E-state index contributed by atoms with van der Waals surface area (Å²) in [5.74, 6) is 1.29. The van der Waals surface area contributed by atoms with Crippen LogP contribution < -0.4 is 10.1 Å². The highest BCUT2D eigenvalue weighted by Crippen LogP contribution is 2.11. The molecule has 0 saturated carbocycles. The normalized spacial score (nSPS) is 10.3. The second-order valence-electron chi connectivity index (χ2n) is 4.26. The summed E-state index contributed by atoms with van der Waals surface area (Å²) < 4.78 is 5.37. The van der Waals surface area contributed by atoms with E-state index in [0.717, 1.165) is 17.0 Å². The lowest BCUT2D eigenvalue weighted by molar-refractivity contribution is 0.326. The fourth-order valence-corrected chi connectivity index (χ4v) is 1.77. The summed E-state index contributed by atoms with van der Waals surface area (Å²) in [5.41, 5.74) is 3.00. The number of aromatic nitrogens is 3. The Kier molecular flexibility index (Phi) is 4.28. The Morgan fingerprint density at radius 3 is 2.58 bits per heavy atom. The Hall–Kier alpha value is -2.17. The second kappa shape index (κ2) is 6.13. The van der Waals surface area contributed by atoms with E-state index >= 15 is 0 Å². The van der Waals surface area contributed by atoms with Gasteiger partial charge in [0.25, 0.3) is 0 Å². The van der Waals surface area contributed by atoms with Crippen molar-refractivity contribution in [3.05, 3.63) is 41.3 Å². The molecular formula is C14H18N4O. The summed E-state index contributed by atoms with van der Waals surface area (Å²) in [6.07, 6.45) is 1.74. The average molecular weight is 258 g/mol. The molecule has 0 spiro atoms. The number of nitrogens with zero attached hydrogens (tertiary/aromatic N) is 3. The van der Waals surface area contributed by atoms with Crippen molar-refractivity contribution >= 4 is 5.95 Å². The highest BCUT2D eigenvalue weighted by atomic mass is 16.5. The molecule has 0 bridgehead atoms. The van der Waals surface area contributed by atoms with E-state index in [0.29, 0.717) is 25.0 Å². The first-order valence-electron chi connectivity index (χ1n) is 6.31. The predicted molar refractivity (Wildman–Crippen MR) is 74.2 cm³/mol. The summed E-state index contributed by atoms with van der Waals surface area (Å²) >= 11 is 0. The van der Waals surface area contributed by atoms with E-state index in [9.17, 15) is 0 Å². The molecule has 2 heterocycles. The number of pyridine rings is 1. The minimum atomic E-state index is 0.615. The van der Waals surface area contributed by atoms with Crippen molar-refractivity contribution in [3.63, 3.8) is 0 Å². The lowest BCUT2D eigenvalue weighted by Gasteiger charge is -2.08. The molecule has 0 amide bonds. The van der Waals surface area contributed by atoms with Crippen LogP contribution in [0.2, 0.25) is 0 Å². The molecule has 0 atom stereocenters. The number of hydrogen-bond acceptors (Lipinski definition) is 5. The number of aryl methyl sites for hydroxylation is 2. The maximum Gasteiger partial charge on any atom is 0.223 e. The van der Waals surface area contributed by atoms with E-state index in [4.69, 9.17) is 4.74 Å². The molecule has 0 fully saturated rings. The molecule has 2 aromatic rings. The van der Waals surface area contributed by atoms with E-state index in [1.807, 2.05) is 39.0 Å². The van der Waals surface area contributed by atoms with E-state index in [1.165, 1.54) is 0 Å².